The van der Waals surface area contributed by atoms with E-state index in [2.05, 4.69) is 0 Å². The lowest BCUT2D eigenvalue weighted by atomic mass is 9.73. The Morgan fingerprint density at radius 3 is 1.96 bits per heavy atom. The van der Waals surface area contributed by atoms with Gasteiger partial charge >= 0.3 is 0 Å². The minimum Gasteiger partial charge on any atom is -0.491 e. The molecule has 0 aliphatic rings. The summed E-state index contributed by atoms with van der Waals surface area (Å²) in [5.41, 5.74) is -0.898. The lowest BCUT2D eigenvalue weighted by Gasteiger charge is -2.44. The summed E-state index contributed by atoms with van der Waals surface area (Å²) in [7, 11) is -4.42. The van der Waals surface area contributed by atoms with Gasteiger partial charge in [-0.2, -0.15) is 8.42 Å². The molecule has 0 spiro atoms. The molecule has 0 aliphatic heterocycles. The van der Waals surface area contributed by atoms with Gasteiger partial charge < -0.3 is 9.47 Å². The Bertz CT molecular complexity index is 617. The molecule has 0 aliphatic carbocycles. The molecule has 1 aromatic carbocycles. The molecule has 0 fully saturated rings. The van der Waals surface area contributed by atoms with Crippen LogP contribution in [0.1, 0.15) is 48.0 Å². The fourth-order valence-corrected chi connectivity index (χ4v) is 4.02. The maximum absolute atomic E-state index is 12.0. The minimum atomic E-state index is -4.42. The van der Waals surface area contributed by atoms with Crippen molar-refractivity contribution in [2.45, 2.75) is 52.9 Å². The quantitative estimate of drug-likeness (QED) is 0.558. The van der Waals surface area contributed by atoms with Gasteiger partial charge in [0.25, 0.3) is 10.1 Å². The summed E-state index contributed by atoms with van der Waals surface area (Å²) in [5.74, 6) is 0.684. The molecule has 5 nitrogen and oxygen atoms in total. The monoisotopic (exact) mass is 358 g/mol. The normalized spacial score (nSPS) is 15.8. The van der Waals surface area contributed by atoms with Gasteiger partial charge in [0.15, 0.2) is 4.93 Å². The van der Waals surface area contributed by atoms with E-state index in [1.165, 1.54) is 6.92 Å². The van der Waals surface area contributed by atoms with Crippen molar-refractivity contribution in [3.8, 4) is 5.75 Å². The Balaban J connectivity index is 2.82. The fraction of sp³-hybridized carbons (Fsp3) is 0.667. The second-order valence-corrected chi connectivity index (χ2v) is 9.78. The summed E-state index contributed by atoms with van der Waals surface area (Å²) in [5, 5.41) is 0. The second-order valence-electron chi connectivity index (χ2n) is 8.05. The Morgan fingerprint density at radius 2 is 1.50 bits per heavy atom. The van der Waals surface area contributed by atoms with E-state index in [0.717, 1.165) is 0 Å². The lowest BCUT2D eigenvalue weighted by Crippen LogP contribution is -2.52. The molecule has 6 heteroatoms. The topological polar surface area (TPSA) is 72.8 Å². The van der Waals surface area contributed by atoms with E-state index >= 15 is 0 Å². The van der Waals surface area contributed by atoms with Crippen molar-refractivity contribution in [1.82, 2.24) is 0 Å². The van der Waals surface area contributed by atoms with E-state index in [-0.39, 0.29) is 18.6 Å². The third-order valence-corrected chi connectivity index (χ3v) is 5.82. The predicted octanol–water partition coefficient (Wildman–Crippen LogP) is 4.15. The molecule has 0 heterocycles. The van der Waals surface area contributed by atoms with Crippen LogP contribution in [0.5, 0.6) is 5.75 Å². The van der Waals surface area contributed by atoms with E-state index in [1.807, 2.05) is 51.1 Å². The van der Waals surface area contributed by atoms with Gasteiger partial charge in [0.05, 0.1) is 6.61 Å². The molecular formula is C18H30O5S. The summed E-state index contributed by atoms with van der Waals surface area (Å²) in [6, 6.07) is 9.21. The van der Waals surface area contributed by atoms with Crippen molar-refractivity contribution in [2.75, 3.05) is 13.2 Å². The number of hydrogen-bond donors (Lipinski definition) is 1. The predicted molar refractivity (Wildman–Crippen MR) is 95.7 cm³/mol. The summed E-state index contributed by atoms with van der Waals surface area (Å²) < 4.78 is 45.1. The largest absolute Gasteiger partial charge is 0.491 e. The number of benzene rings is 1. The van der Waals surface area contributed by atoms with Crippen LogP contribution in [0.25, 0.3) is 0 Å². The Kier molecular flexibility index (Phi) is 6.47. The molecule has 1 unspecified atom stereocenters. The minimum absolute atomic E-state index is 0.0543. The van der Waals surface area contributed by atoms with Crippen LogP contribution in [0.2, 0.25) is 0 Å². The molecule has 24 heavy (non-hydrogen) atoms. The molecule has 0 radical (unpaired) electrons. The van der Waals surface area contributed by atoms with Gasteiger partial charge in [0.2, 0.25) is 0 Å². The molecular weight excluding hydrogens is 328 g/mol. The average Bonchev–Trinajstić information content (AvgIpc) is 2.40. The van der Waals surface area contributed by atoms with Gasteiger partial charge in [0.1, 0.15) is 12.4 Å². The van der Waals surface area contributed by atoms with Crippen molar-refractivity contribution in [1.29, 1.82) is 0 Å². The lowest BCUT2D eigenvalue weighted by molar-refractivity contribution is -0.0753. The highest BCUT2D eigenvalue weighted by Gasteiger charge is 2.53. The highest BCUT2D eigenvalue weighted by Crippen LogP contribution is 2.45. The van der Waals surface area contributed by atoms with Crippen LogP contribution in [0.15, 0.2) is 30.3 Å². The molecule has 1 N–H and O–H groups in total. The number of ether oxygens (including phenoxy) is 2. The third-order valence-electron chi connectivity index (χ3n) is 4.17. The summed E-state index contributed by atoms with van der Waals surface area (Å²) in [6.07, 6.45) is 0.565. The van der Waals surface area contributed by atoms with Crippen LogP contribution in [-0.2, 0) is 14.9 Å². The zero-order valence-corrected chi connectivity index (χ0v) is 16.3. The second kappa shape index (κ2) is 7.42. The van der Waals surface area contributed by atoms with Gasteiger partial charge in [-0.15, -0.1) is 0 Å². The van der Waals surface area contributed by atoms with Crippen molar-refractivity contribution in [3.05, 3.63) is 30.3 Å². The van der Waals surface area contributed by atoms with Crippen LogP contribution in [0, 0.1) is 10.8 Å². The summed E-state index contributed by atoms with van der Waals surface area (Å²) in [4.78, 5) is -1.71. The van der Waals surface area contributed by atoms with E-state index < -0.39 is 20.5 Å². The van der Waals surface area contributed by atoms with E-state index in [9.17, 15) is 13.0 Å². The molecule has 0 bridgehead atoms. The molecule has 0 saturated heterocycles. The first-order valence-corrected chi connectivity index (χ1v) is 9.51. The van der Waals surface area contributed by atoms with Gasteiger partial charge in [0, 0.05) is 5.41 Å². The van der Waals surface area contributed by atoms with E-state index in [0.29, 0.717) is 12.2 Å². The van der Waals surface area contributed by atoms with Crippen molar-refractivity contribution >= 4 is 10.1 Å². The molecule has 0 saturated carbocycles. The van der Waals surface area contributed by atoms with Crippen LogP contribution >= 0.6 is 0 Å². The SMILES string of the molecule is CC(C)(C)CC(C)(C)C(C)(OCCOc1ccccc1)S(=O)(=O)O. The maximum Gasteiger partial charge on any atom is 0.295 e. The molecule has 1 atom stereocenters. The van der Waals surface area contributed by atoms with Crippen LogP contribution < -0.4 is 4.74 Å². The number of hydrogen-bond acceptors (Lipinski definition) is 4. The standard InChI is InChI=1S/C18H30O5S/c1-16(2,3)14-17(4,5)18(6,24(19,20)21)23-13-12-22-15-10-8-7-9-11-15/h7-11H,12-14H2,1-6H3,(H,19,20,21). The first-order chi connectivity index (χ1) is 10.8. The third kappa shape index (κ3) is 5.46. The summed E-state index contributed by atoms with van der Waals surface area (Å²) >= 11 is 0. The highest BCUT2D eigenvalue weighted by molar-refractivity contribution is 7.87. The first kappa shape index (κ1) is 20.9. The van der Waals surface area contributed by atoms with Crippen LogP contribution in [0.3, 0.4) is 0 Å². The first-order valence-electron chi connectivity index (χ1n) is 8.07. The van der Waals surface area contributed by atoms with Gasteiger partial charge in [-0.3, -0.25) is 4.55 Å². The van der Waals surface area contributed by atoms with Crippen molar-refractivity contribution < 1.29 is 22.4 Å². The zero-order valence-electron chi connectivity index (χ0n) is 15.5. The van der Waals surface area contributed by atoms with Crippen LogP contribution in [-0.4, -0.2) is 31.1 Å². The van der Waals surface area contributed by atoms with Gasteiger partial charge in [-0.05, 0) is 30.9 Å². The van der Waals surface area contributed by atoms with Crippen LogP contribution in [0.4, 0.5) is 0 Å². The molecule has 1 rings (SSSR count). The smallest absolute Gasteiger partial charge is 0.295 e. The Labute approximate surface area is 146 Å². The zero-order chi connectivity index (χ0) is 18.6. The molecule has 0 aromatic heterocycles. The van der Waals surface area contributed by atoms with E-state index in [1.54, 1.807) is 13.8 Å². The van der Waals surface area contributed by atoms with Crippen molar-refractivity contribution in [3.63, 3.8) is 0 Å². The Morgan fingerprint density at radius 1 is 0.958 bits per heavy atom. The summed E-state index contributed by atoms with van der Waals surface area (Å²) in [6.45, 7) is 11.3. The molecule has 0 amide bonds. The molecule has 1 aromatic rings. The maximum atomic E-state index is 12.0. The fourth-order valence-electron chi connectivity index (χ4n) is 3.02. The van der Waals surface area contributed by atoms with E-state index in [4.69, 9.17) is 9.47 Å². The van der Waals surface area contributed by atoms with Crippen molar-refractivity contribution in [2.24, 2.45) is 10.8 Å². The number of para-hydroxylation sites is 1. The molecule has 138 valence electrons. The average molecular weight is 358 g/mol. The van der Waals surface area contributed by atoms with Gasteiger partial charge in [-0.1, -0.05) is 52.8 Å². The number of rotatable bonds is 8. The highest BCUT2D eigenvalue weighted by atomic mass is 32.2. The van der Waals surface area contributed by atoms with Gasteiger partial charge in [-0.25, -0.2) is 0 Å². The Hall–Kier alpha value is -1.11.